The fraction of sp³-hybridized carbons (Fsp3) is 0.226. The smallest absolute Gasteiger partial charge is 0.338 e. The molecule has 0 fully saturated rings. The molecule has 1 N–H and O–H groups in total. The molecule has 1 atom stereocenters. The predicted octanol–water partition coefficient (Wildman–Crippen LogP) is 3.63. The monoisotopic (exact) mass is 585 g/mol. The average Bonchev–Trinajstić information content (AvgIpc) is 3.63. The first kappa shape index (κ1) is 27.3. The van der Waals surface area contributed by atoms with Crippen molar-refractivity contribution < 1.29 is 28.9 Å². The second kappa shape index (κ2) is 10.5. The van der Waals surface area contributed by atoms with Crippen molar-refractivity contribution in [1.29, 1.82) is 0 Å². The Morgan fingerprint density at radius 2 is 1.83 bits per heavy atom. The Balaban J connectivity index is 1.49. The number of hydrogen-bond donors (Lipinski definition) is 1. The number of allylic oxidation sites excluding steroid dienone is 1. The number of nitrogens with zero attached hydrogens (tertiary/aromatic N) is 3. The van der Waals surface area contributed by atoms with Crippen LogP contribution in [0.5, 0.6) is 11.5 Å². The first-order valence-electron chi connectivity index (χ1n) is 13.3. The molecule has 2 aromatic carbocycles. The van der Waals surface area contributed by atoms with E-state index in [-0.39, 0.29) is 30.1 Å². The number of esters is 1. The van der Waals surface area contributed by atoms with Gasteiger partial charge >= 0.3 is 11.9 Å². The van der Waals surface area contributed by atoms with Gasteiger partial charge in [-0.1, -0.05) is 17.4 Å². The third-order valence-electron chi connectivity index (χ3n) is 7.36. The van der Waals surface area contributed by atoms with E-state index in [1.165, 1.54) is 15.9 Å². The molecule has 0 unspecified atom stereocenters. The van der Waals surface area contributed by atoms with Crippen molar-refractivity contribution in [2.24, 2.45) is 4.99 Å². The number of thiazole rings is 1. The van der Waals surface area contributed by atoms with Crippen LogP contribution in [-0.2, 0) is 9.53 Å². The Bertz CT molecular complexity index is 1980. The van der Waals surface area contributed by atoms with E-state index in [1.54, 1.807) is 50.2 Å². The molecule has 2 aromatic heterocycles. The number of carbonyl (C=O) groups is 2. The van der Waals surface area contributed by atoms with Gasteiger partial charge in [0.25, 0.3) is 5.56 Å². The number of carbonyl (C=O) groups excluding carboxylic acids is 1. The maximum atomic E-state index is 14.0. The van der Waals surface area contributed by atoms with E-state index >= 15 is 0 Å². The van der Waals surface area contributed by atoms with Crippen LogP contribution in [0.3, 0.4) is 0 Å². The maximum absolute atomic E-state index is 14.0. The fourth-order valence-electron chi connectivity index (χ4n) is 5.42. The van der Waals surface area contributed by atoms with E-state index in [0.29, 0.717) is 32.1 Å². The summed E-state index contributed by atoms with van der Waals surface area (Å²) in [6.45, 7) is 7.65. The van der Waals surface area contributed by atoms with E-state index in [2.05, 4.69) is 4.99 Å². The van der Waals surface area contributed by atoms with Crippen molar-refractivity contribution in [3.05, 3.63) is 108 Å². The van der Waals surface area contributed by atoms with Crippen LogP contribution in [0.2, 0.25) is 0 Å². The number of carboxylic acids is 1. The maximum Gasteiger partial charge on any atom is 0.338 e. The number of fused-ring (bicyclic) bond motifs is 2. The minimum Gasteiger partial charge on any atom is -0.478 e. The predicted molar refractivity (Wildman–Crippen MR) is 155 cm³/mol. The van der Waals surface area contributed by atoms with Crippen LogP contribution in [0.15, 0.2) is 69.6 Å². The molecule has 214 valence electrons. The highest BCUT2D eigenvalue weighted by Gasteiger charge is 2.34. The third-order valence-corrected chi connectivity index (χ3v) is 8.34. The fourth-order valence-corrected chi connectivity index (χ4v) is 6.45. The van der Waals surface area contributed by atoms with Crippen LogP contribution in [-0.4, -0.2) is 39.6 Å². The lowest BCUT2D eigenvalue weighted by Crippen LogP contribution is -2.39. The summed E-state index contributed by atoms with van der Waals surface area (Å²) >= 11 is 1.25. The standard InChI is InChI=1S/C31H27N3O7S/c1-5-39-30(38)26-17(3)32-31-34(27(26)20-8-11-23-24(13-20)41-15-40-23)28(35)25(42-31)14-21-12-16(2)33(18(21)4)22-9-6-19(7-10-22)29(36)37/h6-14,27H,5,15H2,1-4H3,(H,36,37)/b25-14+/t27-/m1/s1. The SMILES string of the molecule is CCOC(=O)C1=C(C)N=c2s/c(=C/c3cc(C)n(-c4ccc(C(=O)O)cc4)c3C)c(=O)n2[C@@H]1c1ccc2c(c1)OCO2. The quantitative estimate of drug-likeness (QED) is 0.343. The molecule has 4 heterocycles. The molecule has 6 rings (SSSR count). The summed E-state index contributed by atoms with van der Waals surface area (Å²) in [5, 5.41) is 9.25. The molecule has 0 aliphatic carbocycles. The van der Waals surface area contributed by atoms with Crippen LogP contribution in [0, 0.1) is 13.8 Å². The van der Waals surface area contributed by atoms with Crippen molar-refractivity contribution >= 4 is 29.4 Å². The van der Waals surface area contributed by atoms with E-state index in [9.17, 15) is 19.5 Å². The number of carboxylic acid groups (broad SMARTS) is 1. The van der Waals surface area contributed by atoms with Gasteiger partial charge in [-0.05, 0) is 87.4 Å². The van der Waals surface area contributed by atoms with Gasteiger partial charge in [0.1, 0.15) is 0 Å². The normalized spacial score (nSPS) is 15.9. The molecule has 4 aromatic rings. The molecule has 0 saturated heterocycles. The van der Waals surface area contributed by atoms with Gasteiger partial charge in [0.2, 0.25) is 6.79 Å². The summed E-state index contributed by atoms with van der Waals surface area (Å²) in [6, 6.07) is 13.2. The van der Waals surface area contributed by atoms with Gasteiger partial charge < -0.3 is 23.9 Å². The molecule has 11 heteroatoms. The zero-order valence-electron chi connectivity index (χ0n) is 23.3. The molecule has 0 spiro atoms. The first-order chi connectivity index (χ1) is 20.2. The topological polar surface area (TPSA) is 121 Å². The van der Waals surface area contributed by atoms with Gasteiger partial charge in [0.05, 0.1) is 34.0 Å². The molecular formula is C31H27N3O7S. The van der Waals surface area contributed by atoms with Gasteiger partial charge in [-0.2, -0.15) is 0 Å². The van der Waals surface area contributed by atoms with E-state index in [4.69, 9.17) is 14.2 Å². The number of aryl methyl sites for hydroxylation is 1. The summed E-state index contributed by atoms with van der Waals surface area (Å²) in [5.74, 6) is -0.388. The largest absolute Gasteiger partial charge is 0.478 e. The van der Waals surface area contributed by atoms with Gasteiger partial charge in [0, 0.05) is 17.1 Å². The number of ether oxygens (including phenoxy) is 3. The molecule has 2 aliphatic rings. The summed E-state index contributed by atoms with van der Waals surface area (Å²) in [4.78, 5) is 43.6. The van der Waals surface area contributed by atoms with Gasteiger partial charge in [-0.25, -0.2) is 14.6 Å². The second-order valence-corrected chi connectivity index (χ2v) is 10.9. The highest BCUT2D eigenvalue weighted by Crippen LogP contribution is 2.38. The minimum absolute atomic E-state index is 0.100. The summed E-state index contributed by atoms with van der Waals surface area (Å²) in [5.41, 5.74) is 4.82. The lowest BCUT2D eigenvalue weighted by atomic mass is 9.95. The summed E-state index contributed by atoms with van der Waals surface area (Å²) in [7, 11) is 0. The molecule has 0 radical (unpaired) electrons. The van der Waals surface area contributed by atoms with Crippen molar-refractivity contribution in [2.45, 2.75) is 33.7 Å². The Hall–Kier alpha value is -4.90. The van der Waals surface area contributed by atoms with Crippen LogP contribution in [0.25, 0.3) is 11.8 Å². The molecular weight excluding hydrogens is 558 g/mol. The number of rotatable bonds is 6. The third kappa shape index (κ3) is 4.51. The van der Waals surface area contributed by atoms with Crippen molar-refractivity contribution in [1.82, 2.24) is 9.13 Å². The Kier molecular flexibility index (Phi) is 6.82. The average molecular weight is 586 g/mol. The Labute approximate surface area is 244 Å². The molecule has 10 nitrogen and oxygen atoms in total. The zero-order chi connectivity index (χ0) is 29.7. The van der Waals surface area contributed by atoms with Crippen LogP contribution >= 0.6 is 11.3 Å². The molecule has 42 heavy (non-hydrogen) atoms. The van der Waals surface area contributed by atoms with Crippen molar-refractivity contribution in [3.63, 3.8) is 0 Å². The Morgan fingerprint density at radius 1 is 1.10 bits per heavy atom. The zero-order valence-corrected chi connectivity index (χ0v) is 24.2. The molecule has 2 aliphatic heterocycles. The van der Waals surface area contributed by atoms with Gasteiger partial charge in [-0.15, -0.1) is 0 Å². The van der Waals surface area contributed by atoms with E-state index in [1.807, 2.05) is 36.6 Å². The van der Waals surface area contributed by atoms with Gasteiger partial charge in [-0.3, -0.25) is 9.36 Å². The number of benzene rings is 2. The summed E-state index contributed by atoms with van der Waals surface area (Å²) in [6.07, 6.45) is 1.83. The Morgan fingerprint density at radius 3 is 2.55 bits per heavy atom. The lowest BCUT2D eigenvalue weighted by molar-refractivity contribution is -0.139. The highest BCUT2D eigenvalue weighted by atomic mass is 32.1. The van der Waals surface area contributed by atoms with Crippen LogP contribution < -0.4 is 24.4 Å². The van der Waals surface area contributed by atoms with E-state index in [0.717, 1.165) is 22.6 Å². The number of aromatic carboxylic acids is 1. The van der Waals surface area contributed by atoms with Crippen molar-refractivity contribution in [2.75, 3.05) is 13.4 Å². The molecule has 0 saturated carbocycles. The van der Waals surface area contributed by atoms with Crippen molar-refractivity contribution in [3.8, 4) is 17.2 Å². The van der Waals surface area contributed by atoms with Crippen LogP contribution in [0.4, 0.5) is 0 Å². The van der Waals surface area contributed by atoms with E-state index < -0.39 is 18.0 Å². The van der Waals surface area contributed by atoms with Gasteiger partial charge in [0.15, 0.2) is 16.3 Å². The van der Waals surface area contributed by atoms with Crippen LogP contribution in [0.1, 0.15) is 52.8 Å². The minimum atomic E-state index is -0.987. The molecule has 0 amide bonds. The molecule has 0 bridgehead atoms. The summed E-state index contributed by atoms with van der Waals surface area (Å²) < 4.78 is 20.4. The lowest BCUT2D eigenvalue weighted by Gasteiger charge is -2.24. The highest BCUT2D eigenvalue weighted by molar-refractivity contribution is 7.07. The number of hydrogen-bond acceptors (Lipinski definition) is 8. The first-order valence-corrected chi connectivity index (χ1v) is 14.1. The number of aromatic nitrogens is 2. The second-order valence-electron chi connectivity index (χ2n) is 9.93.